The Labute approximate surface area is 109 Å². The van der Waals surface area contributed by atoms with Gasteiger partial charge in [0.25, 0.3) is 0 Å². The van der Waals surface area contributed by atoms with Crippen molar-refractivity contribution in [2.75, 3.05) is 6.61 Å². The lowest BCUT2D eigenvalue weighted by Crippen LogP contribution is -2.15. The van der Waals surface area contributed by atoms with Crippen molar-refractivity contribution in [2.24, 2.45) is 7.05 Å². The quantitative estimate of drug-likeness (QED) is 0.629. The van der Waals surface area contributed by atoms with Gasteiger partial charge >= 0.3 is 5.97 Å². The molecule has 2 rings (SSSR count). The van der Waals surface area contributed by atoms with Crippen molar-refractivity contribution in [1.82, 2.24) is 4.57 Å². The number of aromatic nitrogens is 1. The van der Waals surface area contributed by atoms with Crippen LogP contribution < -0.4 is 0 Å². The predicted molar refractivity (Wildman–Crippen MR) is 69.1 cm³/mol. The third-order valence-electron chi connectivity index (χ3n) is 2.50. The molecule has 18 heavy (non-hydrogen) atoms. The van der Waals surface area contributed by atoms with Gasteiger partial charge in [-0.05, 0) is 31.2 Å². The topological polar surface area (TPSA) is 48.3 Å². The zero-order valence-electron chi connectivity index (χ0n) is 10.2. The number of hydrogen-bond acceptors (Lipinski definition) is 4. The summed E-state index contributed by atoms with van der Waals surface area (Å²) in [5.41, 5.74) is 0.435. The lowest BCUT2D eigenvalue weighted by Gasteiger charge is -2.04. The van der Waals surface area contributed by atoms with Crippen molar-refractivity contribution >= 4 is 23.1 Å². The first-order valence-electron chi connectivity index (χ1n) is 5.46. The Bertz CT molecular complexity index is 583. The van der Waals surface area contributed by atoms with E-state index < -0.39 is 5.97 Å². The lowest BCUT2D eigenvalue weighted by molar-refractivity contribution is 0.0466. The molecule has 2 aromatic rings. The van der Waals surface area contributed by atoms with Crippen LogP contribution in [0, 0.1) is 6.92 Å². The zero-order chi connectivity index (χ0) is 13.1. The molecule has 0 atom stereocenters. The van der Waals surface area contributed by atoms with E-state index >= 15 is 0 Å². The lowest BCUT2D eigenvalue weighted by atomic mass is 10.3. The van der Waals surface area contributed by atoms with Crippen molar-refractivity contribution < 1.29 is 14.3 Å². The standard InChI is InChI=1S/C13H13NO3S/c1-9-5-6-12(18-9)11(15)8-17-13(16)10-4-3-7-14(10)2/h3-7H,8H2,1-2H3. The second-order valence-electron chi connectivity index (χ2n) is 3.91. The van der Waals surface area contributed by atoms with Gasteiger partial charge in [0.1, 0.15) is 5.69 Å². The van der Waals surface area contributed by atoms with Gasteiger partial charge in [0.05, 0.1) is 4.88 Å². The number of carbonyl (C=O) groups is 2. The van der Waals surface area contributed by atoms with E-state index in [0.29, 0.717) is 10.6 Å². The number of esters is 1. The number of carbonyl (C=O) groups excluding carboxylic acids is 2. The van der Waals surface area contributed by atoms with Gasteiger partial charge in [0, 0.05) is 18.1 Å². The molecule has 0 aliphatic heterocycles. The molecule has 0 bridgehead atoms. The first-order chi connectivity index (χ1) is 8.58. The Morgan fingerprint density at radius 3 is 2.67 bits per heavy atom. The number of ketones is 1. The average Bonchev–Trinajstić information content (AvgIpc) is 2.94. The van der Waals surface area contributed by atoms with Crippen LogP contribution in [0.15, 0.2) is 30.5 Å². The molecule has 0 aromatic carbocycles. The smallest absolute Gasteiger partial charge is 0.355 e. The normalized spacial score (nSPS) is 10.3. The van der Waals surface area contributed by atoms with Gasteiger partial charge in [0.15, 0.2) is 6.61 Å². The van der Waals surface area contributed by atoms with Crippen LogP contribution in [-0.2, 0) is 11.8 Å². The number of hydrogen-bond donors (Lipinski definition) is 0. The molecular weight excluding hydrogens is 250 g/mol. The summed E-state index contributed by atoms with van der Waals surface area (Å²) in [6, 6.07) is 7.03. The maximum absolute atomic E-state index is 11.7. The Kier molecular flexibility index (Phi) is 3.62. The fourth-order valence-corrected chi connectivity index (χ4v) is 2.33. The minimum Gasteiger partial charge on any atom is -0.453 e. The van der Waals surface area contributed by atoms with Gasteiger partial charge in [-0.3, -0.25) is 4.79 Å². The molecule has 2 heterocycles. The summed E-state index contributed by atoms with van der Waals surface area (Å²) >= 11 is 1.40. The SMILES string of the molecule is Cc1ccc(C(=O)COC(=O)c2cccn2C)s1. The highest BCUT2D eigenvalue weighted by Crippen LogP contribution is 2.15. The van der Waals surface area contributed by atoms with Crippen molar-refractivity contribution in [2.45, 2.75) is 6.92 Å². The van der Waals surface area contributed by atoms with Crippen LogP contribution in [0.2, 0.25) is 0 Å². The van der Waals surface area contributed by atoms with Gasteiger partial charge < -0.3 is 9.30 Å². The fourth-order valence-electron chi connectivity index (χ4n) is 1.53. The van der Waals surface area contributed by atoms with E-state index in [1.165, 1.54) is 11.3 Å². The monoisotopic (exact) mass is 263 g/mol. The summed E-state index contributed by atoms with van der Waals surface area (Å²) in [6.07, 6.45) is 1.75. The second-order valence-corrected chi connectivity index (χ2v) is 5.20. The van der Waals surface area contributed by atoms with Gasteiger partial charge in [-0.15, -0.1) is 11.3 Å². The van der Waals surface area contributed by atoms with E-state index in [2.05, 4.69) is 0 Å². The highest BCUT2D eigenvalue weighted by atomic mass is 32.1. The molecule has 4 nitrogen and oxygen atoms in total. The summed E-state index contributed by atoms with van der Waals surface area (Å²) in [5.74, 6) is -0.653. The number of nitrogens with zero attached hydrogens (tertiary/aromatic N) is 1. The molecule has 0 N–H and O–H groups in total. The Balaban J connectivity index is 1.94. The van der Waals surface area contributed by atoms with Crippen molar-refractivity contribution in [3.63, 3.8) is 0 Å². The molecule has 0 saturated carbocycles. The number of thiophene rings is 1. The molecule has 0 radical (unpaired) electrons. The molecule has 0 saturated heterocycles. The molecule has 0 unspecified atom stereocenters. The number of ether oxygens (including phenoxy) is 1. The van der Waals surface area contributed by atoms with Gasteiger partial charge in [-0.1, -0.05) is 0 Å². The molecule has 0 spiro atoms. The first kappa shape index (κ1) is 12.6. The van der Waals surface area contributed by atoms with E-state index in [9.17, 15) is 9.59 Å². The van der Waals surface area contributed by atoms with Crippen molar-refractivity contribution in [3.8, 4) is 0 Å². The molecular formula is C13H13NO3S. The third-order valence-corrected chi connectivity index (χ3v) is 3.54. The van der Waals surface area contributed by atoms with E-state index in [-0.39, 0.29) is 12.4 Å². The van der Waals surface area contributed by atoms with E-state index in [4.69, 9.17) is 4.74 Å². The Morgan fingerprint density at radius 1 is 1.33 bits per heavy atom. The van der Waals surface area contributed by atoms with E-state index in [1.807, 2.05) is 13.0 Å². The largest absolute Gasteiger partial charge is 0.453 e. The summed E-state index contributed by atoms with van der Waals surface area (Å²) in [5, 5.41) is 0. The summed E-state index contributed by atoms with van der Waals surface area (Å²) in [6.45, 7) is 1.71. The van der Waals surface area contributed by atoms with E-state index in [1.54, 1.807) is 36.0 Å². The molecule has 0 amide bonds. The highest BCUT2D eigenvalue weighted by molar-refractivity contribution is 7.14. The van der Waals surface area contributed by atoms with Gasteiger partial charge in [-0.25, -0.2) is 4.79 Å². The van der Waals surface area contributed by atoms with E-state index in [0.717, 1.165) is 4.88 Å². The second kappa shape index (κ2) is 5.18. The maximum Gasteiger partial charge on any atom is 0.355 e. The summed E-state index contributed by atoms with van der Waals surface area (Å²) < 4.78 is 6.64. The molecule has 2 aromatic heterocycles. The van der Waals surface area contributed by atoms with Crippen LogP contribution in [0.25, 0.3) is 0 Å². The van der Waals surface area contributed by atoms with Crippen LogP contribution in [0.5, 0.6) is 0 Å². The molecule has 5 heteroatoms. The predicted octanol–water partition coefficient (Wildman–Crippen LogP) is 2.43. The maximum atomic E-state index is 11.7. The molecule has 0 aliphatic carbocycles. The molecule has 0 aliphatic rings. The van der Waals surface area contributed by atoms with Crippen LogP contribution >= 0.6 is 11.3 Å². The number of rotatable bonds is 4. The fraction of sp³-hybridized carbons (Fsp3) is 0.231. The van der Waals surface area contributed by atoms with Crippen LogP contribution in [0.1, 0.15) is 25.0 Å². The number of Topliss-reactive ketones (excluding diaryl/α,β-unsaturated/α-hetero) is 1. The minimum atomic E-state index is -0.482. The third kappa shape index (κ3) is 2.68. The summed E-state index contributed by atoms with van der Waals surface area (Å²) in [7, 11) is 1.75. The van der Waals surface area contributed by atoms with Crippen LogP contribution in [0.4, 0.5) is 0 Å². The zero-order valence-corrected chi connectivity index (χ0v) is 11.0. The Morgan fingerprint density at radius 2 is 2.11 bits per heavy atom. The highest BCUT2D eigenvalue weighted by Gasteiger charge is 2.14. The van der Waals surface area contributed by atoms with Crippen LogP contribution in [-0.4, -0.2) is 22.9 Å². The molecule has 0 fully saturated rings. The van der Waals surface area contributed by atoms with Gasteiger partial charge in [0.2, 0.25) is 5.78 Å². The number of aryl methyl sites for hydroxylation is 2. The first-order valence-corrected chi connectivity index (χ1v) is 6.27. The van der Waals surface area contributed by atoms with Crippen LogP contribution in [0.3, 0.4) is 0 Å². The van der Waals surface area contributed by atoms with Crippen molar-refractivity contribution in [3.05, 3.63) is 45.9 Å². The Hall–Kier alpha value is -1.88. The minimum absolute atomic E-state index is 0.171. The molecule has 94 valence electrons. The average molecular weight is 263 g/mol. The van der Waals surface area contributed by atoms with Crippen molar-refractivity contribution in [1.29, 1.82) is 0 Å². The van der Waals surface area contributed by atoms with Gasteiger partial charge in [-0.2, -0.15) is 0 Å². The summed E-state index contributed by atoms with van der Waals surface area (Å²) in [4.78, 5) is 25.1.